The summed E-state index contributed by atoms with van der Waals surface area (Å²) in [4.78, 5) is 22.9. The topological polar surface area (TPSA) is 54.9 Å². The van der Waals surface area contributed by atoms with Gasteiger partial charge in [0, 0.05) is 38.4 Å². The zero-order valence-corrected chi connectivity index (χ0v) is 18.6. The fourth-order valence-corrected chi connectivity index (χ4v) is 5.72. The average Bonchev–Trinajstić information content (AvgIpc) is 2.80. The monoisotopic (exact) mass is 415 g/mol. The molecule has 6 nitrogen and oxygen atoms in total. The van der Waals surface area contributed by atoms with Crippen LogP contribution in [0.3, 0.4) is 0 Å². The standard InChI is InChI=1S/C24H37N3O3/c1-3-19-5-6-21(25-16-19)17-26-10-8-20-15-22(27-11-13-29-14-12-27)7-9-24(20,18-26)23(28)30-4-2/h5-6,16,20,22H,3-4,7-15,17-18H2,1-2H3/t20-,22-,24-/m1/s1. The van der Waals surface area contributed by atoms with Gasteiger partial charge in [0.25, 0.3) is 0 Å². The zero-order valence-electron chi connectivity index (χ0n) is 18.6. The van der Waals surface area contributed by atoms with Gasteiger partial charge in [0.05, 0.1) is 30.9 Å². The van der Waals surface area contributed by atoms with E-state index in [1.165, 1.54) is 5.56 Å². The largest absolute Gasteiger partial charge is 0.466 e. The number of carbonyl (C=O) groups excluding carboxylic acids is 1. The molecule has 0 aromatic carbocycles. The number of esters is 1. The van der Waals surface area contributed by atoms with Gasteiger partial charge < -0.3 is 9.47 Å². The molecule has 166 valence electrons. The Labute approximate surface area is 180 Å². The Bertz CT molecular complexity index is 704. The van der Waals surface area contributed by atoms with Crippen LogP contribution in [0.1, 0.15) is 50.8 Å². The van der Waals surface area contributed by atoms with Gasteiger partial charge >= 0.3 is 5.97 Å². The minimum Gasteiger partial charge on any atom is -0.466 e. The highest BCUT2D eigenvalue weighted by molar-refractivity contribution is 5.78. The lowest BCUT2D eigenvalue weighted by atomic mass is 9.61. The molecular formula is C24H37N3O3. The predicted molar refractivity (Wildman–Crippen MR) is 116 cm³/mol. The number of rotatable bonds is 6. The first-order chi connectivity index (χ1) is 14.6. The van der Waals surface area contributed by atoms with Gasteiger partial charge in [0.2, 0.25) is 0 Å². The number of aryl methyl sites for hydroxylation is 1. The molecule has 0 amide bonds. The molecule has 0 bridgehead atoms. The third kappa shape index (κ3) is 4.56. The first-order valence-corrected chi connectivity index (χ1v) is 11.8. The lowest BCUT2D eigenvalue weighted by Crippen LogP contribution is -2.58. The van der Waals surface area contributed by atoms with E-state index < -0.39 is 0 Å². The minimum atomic E-state index is -0.361. The molecular weight excluding hydrogens is 378 g/mol. The summed E-state index contributed by atoms with van der Waals surface area (Å²) in [6, 6.07) is 4.89. The number of hydrogen-bond acceptors (Lipinski definition) is 6. The second-order valence-corrected chi connectivity index (χ2v) is 9.16. The van der Waals surface area contributed by atoms with Crippen LogP contribution in [0.25, 0.3) is 0 Å². The molecule has 30 heavy (non-hydrogen) atoms. The second-order valence-electron chi connectivity index (χ2n) is 9.16. The highest BCUT2D eigenvalue weighted by atomic mass is 16.5. The molecule has 1 aliphatic carbocycles. The van der Waals surface area contributed by atoms with Crippen molar-refractivity contribution < 1.29 is 14.3 Å². The first kappa shape index (κ1) is 21.7. The van der Waals surface area contributed by atoms with Crippen LogP contribution >= 0.6 is 0 Å². The molecule has 1 saturated carbocycles. The minimum absolute atomic E-state index is 0.0226. The molecule has 2 saturated heterocycles. The molecule has 4 rings (SSSR count). The van der Waals surface area contributed by atoms with E-state index in [9.17, 15) is 4.79 Å². The molecule has 3 heterocycles. The van der Waals surface area contributed by atoms with Gasteiger partial charge in [-0.3, -0.25) is 19.6 Å². The molecule has 0 spiro atoms. The number of ether oxygens (including phenoxy) is 2. The predicted octanol–water partition coefficient (Wildman–Crippen LogP) is 2.90. The number of aromatic nitrogens is 1. The molecule has 6 heteroatoms. The normalized spacial score (nSPS) is 30.6. The third-order valence-corrected chi connectivity index (χ3v) is 7.49. The van der Waals surface area contributed by atoms with E-state index in [0.29, 0.717) is 18.6 Å². The summed E-state index contributed by atoms with van der Waals surface area (Å²) in [6.07, 6.45) is 7.16. The van der Waals surface area contributed by atoms with E-state index >= 15 is 0 Å². The van der Waals surface area contributed by atoms with Crippen molar-refractivity contribution in [1.82, 2.24) is 14.8 Å². The number of hydrogen-bond donors (Lipinski definition) is 0. The maximum Gasteiger partial charge on any atom is 0.313 e. The molecule has 1 aromatic rings. The molecule has 0 radical (unpaired) electrons. The highest BCUT2D eigenvalue weighted by Gasteiger charge is 2.53. The fraction of sp³-hybridized carbons (Fsp3) is 0.750. The number of nitrogens with zero attached hydrogens (tertiary/aromatic N) is 3. The summed E-state index contributed by atoms with van der Waals surface area (Å²) in [5, 5.41) is 0. The molecule has 0 N–H and O–H groups in total. The molecule has 2 aliphatic heterocycles. The molecule has 3 aliphatic rings. The SMILES string of the molecule is CCOC(=O)[C@@]12CC[C@@H](N3CCOCC3)C[C@H]1CCN(Cc1ccc(CC)cn1)C2. The second kappa shape index (κ2) is 9.75. The van der Waals surface area contributed by atoms with Gasteiger partial charge in [-0.05, 0) is 63.1 Å². The van der Waals surface area contributed by atoms with Crippen molar-refractivity contribution in [3.8, 4) is 0 Å². The number of morpholine rings is 1. The van der Waals surface area contributed by atoms with Crippen LogP contribution in [0.15, 0.2) is 18.3 Å². The van der Waals surface area contributed by atoms with Gasteiger partial charge in [0.15, 0.2) is 0 Å². The van der Waals surface area contributed by atoms with E-state index in [4.69, 9.17) is 9.47 Å². The van der Waals surface area contributed by atoms with Crippen molar-refractivity contribution in [2.24, 2.45) is 11.3 Å². The van der Waals surface area contributed by atoms with Crippen LogP contribution in [0.2, 0.25) is 0 Å². The number of piperidine rings is 1. The number of fused-ring (bicyclic) bond motifs is 1. The summed E-state index contributed by atoms with van der Waals surface area (Å²) < 4.78 is 11.2. The van der Waals surface area contributed by atoms with Crippen molar-refractivity contribution in [2.75, 3.05) is 46.0 Å². The Morgan fingerprint density at radius 3 is 2.77 bits per heavy atom. The summed E-state index contributed by atoms with van der Waals surface area (Å²) in [5.41, 5.74) is 1.99. The van der Waals surface area contributed by atoms with Crippen molar-refractivity contribution >= 4 is 5.97 Å². The van der Waals surface area contributed by atoms with E-state index in [0.717, 1.165) is 83.7 Å². The lowest BCUT2D eigenvalue weighted by Gasteiger charge is -2.52. The Hall–Kier alpha value is -1.50. The van der Waals surface area contributed by atoms with Gasteiger partial charge in [0.1, 0.15) is 0 Å². The van der Waals surface area contributed by atoms with Crippen LogP contribution in [0.4, 0.5) is 0 Å². The smallest absolute Gasteiger partial charge is 0.313 e. The van der Waals surface area contributed by atoms with Crippen LogP contribution in [0.5, 0.6) is 0 Å². The quantitative estimate of drug-likeness (QED) is 0.666. The van der Waals surface area contributed by atoms with Crippen molar-refractivity contribution in [2.45, 2.75) is 58.5 Å². The van der Waals surface area contributed by atoms with Crippen LogP contribution < -0.4 is 0 Å². The first-order valence-electron chi connectivity index (χ1n) is 11.8. The van der Waals surface area contributed by atoms with E-state index in [1.807, 2.05) is 13.1 Å². The van der Waals surface area contributed by atoms with Crippen LogP contribution in [-0.2, 0) is 27.2 Å². The van der Waals surface area contributed by atoms with Gasteiger partial charge in [-0.1, -0.05) is 13.0 Å². The molecule has 3 atom stereocenters. The summed E-state index contributed by atoms with van der Waals surface area (Å²) >= 11 is 0. The van der Waals surface area contributed by atoms with Crippen molar-refractivity contribution in [1.29, 1.82) is 0 Å². The van der Waals surface area contributed by atoms with Crippen LogP contribution in [0, 0.1) is 11.3 Å². The fourth-order valence-electron chi connectivity index (χ4n) is 5.72. The van der Waals surface area contributed by atoms with E-state index in [1.54, 1.807) is 0 Å². The summed E-state index contributed by atoms with van der Waals surface area (Å²) in [5.74, 6) is 0.430. The van der Waals surface area contributed by atoms with Gasteiger partial charge in [-0.2, -0.15) is 0 Å². The van der Waals surface area contributed by atoms with E-state index in [-0.39, 0.29) is 11.4 Å². The Kier molecular flexibility index (Phi) is 7.06. The summed E-state index contributed by atoms with van der Waals surface area (Å²) in [7, 11) is 0. The van der Waals surface area contributed by atoms with Gasteiger partial charge in [-0.25, -0.2) is 0 Å². The summed E-state index contributed by atoms with van der Waals surface area (Å²) in [6.45, 7) is 10.9. The maximum atomic E-state index is 13.2. The van der Waals surface area contributed by atoms with Crippen molar-refractivity contribution in [3.05, 3.63) is 29.6 Å². The number of pyridine rings is 1. The molecule has 3 fully saturated rings. The third-order valence-electron chi connectivity index (χ3n) is 7.49. The Balaban J connectivity index is 1.46. The Morgan fingerprint density at radius 2 is 2.07 bits per heavy atom. The molecule has 0 unspecified atom stereocenters. The number of carbonyl (C=O) groups is 1. The van der Waals surface area contributed by atoms with Crippen LogP contribution in [-0.4, -0.2) is 72.8 Å². The molecule has 1 aromatic heterocycles. The van der Waals surface area contributed by atoms with Crippen molar-refractivity contribution in [3.63, 3.8) is 0 Å². The zero-order chi connectivity index (χ0) is 21.0. The maximum absolute atomic E-state index is 13.2. The Morgan fingerprint density at radius 1 is 1.23 bits per heavy atom. The lowest BCUT2D eigenvalue weighted by molar-refractivity contribution is -0.170. The average molecular weight is 416 g/mol. The van der Waals surface area contributed by atoms with Gasteiger partial charge in [-0.15, -0.1) is 0 Å². The van der Waals surface area contributed by atoms with E-state index in [2.05, 4.69) is 33.8 Å². The number of likely N-dealkylation sites (tertiary alicyclic amines) is 1. The highest BCUT2D eigenvalue weighted by Crippen LogP contribution is 2.48.